The summed E-state index contributed by atoms with van der Waals surface area (Å²) in [6.07, 6.45) is -4.46. The highest BCUT2D eigenvalue weighted by molar-refractivity contribution is 6.17. The van der Waals surface area contributed by atoms with E-state index in [2.05, 4.69) is 5.32 Å². The molecule has 0 bridgehead atoms. The Bertz CT molecular complexity index is 741. The molecule has 2 rings (SSSR count). The Labute approximate surface area is 135 Å². The molecular formula is C16H14F3N3O2. The van der Waals surface area contributed by atoms with Gasteiger partial charge in [-0.2, -0.15) is 13.2 Å². The Balaban J connectivity index is 2.19. The van der Waals surface area contributed by atoms with Gasteiger partial charge in [-0.25, -0.2) is 9.69 Å². The zero-order valence-corrected chi connectivity index (χ0v) is 12.6. The summed E-state index contributed by atoms with van der Waals surface area (Å²) >= 11 is 0. The summed E-state index contributed by atoms with van der Waals surface area (Å²) in [7, 11) is 0. The summed E-state index contributed by atoms with van der Waals surface area (Å²) < 4.78 is 37.6. The van der Waals surface area contributed by atoms with E-state index in [0.717, 1.165) is 29.2 Å². The molecule has 0 aliphatic rings. The SMILES string of the molecule is CC(=O)N(C(=O)Nc1ccc(C(F)(F)F)cc1)c1ccc(N)cc1. The summed E-state index contributed by atoms with van der Waals surface area (Å²) in [5.41, 5.74) is 5.61. The first kappa shape index (κ1) is 17.3. The van der Waals surface area contributed by atoms with E-state index in [1.807, 2.05) is 0 Å². The van der Waals surface area contributed by atoms with Crippen molar-refractivity contribution < 1.29 is 22.8 Å². The molecule has 0 heterocycles. The number of benzene rings is 2. The molecule has 0 aliphatic carbocycles. The largest absolute Gasteiger partial charge is 0.416 e. The van der Waals surface area contributed by atoms with Gasteiger partial charge in [-0.3, -0.25) is 4.79 Å². The second kappa shape index (κ2) is 6.61. The van der Waals surface area contributed by atoms with E-state index in [-0.39, 0.29) is 5.69 Å². The third kappa shape index (κ3) is 4.03. The van der Waals surface area contributed by atoms with Gasteiger partial charge in [0.25, 0.3) is 0 Å². The van der Waals surface area contributed by atoms with E-state index in [4.69, 9.17) is 5.73 Å². The lowest BCUT2D eigenvalue weighted by atomic mass is 10.2. The fourth-order valence-electron chi connectivity index (χ4n) is 1.99. The Morgan fingerprint density at radius 2 is 1.54 bits per heavy atom. The molecule has 0 aromatic heterocycles. The lowest BCUT2D eigenvalue weighted by Gasteiger charge is -2.20. The maximum atomic E-state index is 12.5. The van der Waals surface area contributed by atoms with E-state index in [0.29, 0.717) is 11.4 Å². The summed E-state index contributed by atoms with van der Waals surface area (Å²) in [5.74, 6) is -0.552. The van der Waals surface area contributed by atoms with Crippen LogP contribution in [0.15, 0.2) is 48.5 Å². The van der Waals surface area contributed by atoms with Gasteiger partial charge < -0.3 is 11.1 Å². The van der Waals surface area contributed by atoms with Crippen molar-refractivity contribution in [3.05, 3.63) is 54.1 Å². The van der Waals surface area contributed by atoms with Crippen LogP contribution in [0.3, 0.4) is 0 Å². The van der Waals surface area contributed by atoms with E-state index < -0.39 is 23.7 Å². The molecule has 5 nitrogen and oxygen atoms in total. The number of nitrogens with one attached hydrogen (secondary N) is 1. The van der Waals surface area contributed by atoms with Crippen LogP contribution in [0.25, 0.3) is 0 Å². The molecular weight excluding hydrogens is 323 g/mol. The van der Waals surface area contributed by atoms with Crippen molar-refractivity contribution in [2.75, 3.05) is 16.0 Å². The number of nitrogen functional groups attached to an aromatic ring is 1. The smallest absolute Gasteiger partial charge is 0.399 e. The Kier molecular flexibility index (Phi) is 4.77. The van der Waals surface area contributed by atoms with E-state index >= 15 is 0 Å². The lowest BCUT2D eigenvalue weighted by molar-refractivity contribution is -0.137. The minimum atomic E-state index is -4.46. The Morgan fingerprint density at radius 1 is 1.00 bits per heavy atom. The normalized spacial score (nSPS) is 11.0. The second-order valence-corrected chi connectivity index (χ2v) is 4.95. The number of hydrogen-bond acceptors (Lipinski definition) is 3. The van der Waals surface area contributed by atoms with E-state index in [1.165, 1.54) is 31.2 Å². The van der Waals surface area contributed by atoms with Gasteiger partial charge in [0.2, 0.25) is 5.91 Å². The molecule has 3 amide bonds. The van der Waals surface area contributed by atoms with E-state index in [9.17, 15) is 22.8 Å². The number of amides is 3. The monoisotopic (exact) mass is 337 g/mol. The Hall–Kier alpha value is -3.03. The molecule has 24 heavy (non-hydrogen) atoms. The predicted molar refractivity (Wildman–Crippen MR) is 84.5 cm³/mol. The van der Waals surface area contributed by atoms with Crippen molar-refractivity contribution in [2.45, 2.75) is 13.1 Å². The fourth-order valence-corrected chi connectivity index (χ4v) is 1.99. The van der Waals surface area contributed by atoms with Crippen molar-refractivity contribution >= 4 is 29.0 Å². The highest BCUT2D eigenvalue weighted by Crippen LogP contribution is 2.30. The number of alkyl halides is 3. The highest BCUT2D eigenvalue weighted by Gasteiger charge is 2.30. The molecule has 2 aromatic rings. The van der Waals surface area contributed by atoms with Gasteiger partial charge in [0.1, 0.15) is 0 Å². The topological polar surface area (TPSA) is 75.4 Å². The molecule has 0 radical (unpaired) electrons. The van der Waals surface area contributed by atoms with E-state index in [1.54, 1.807) is 0 Å². The molecule has 2 aromatic carbocycles. The molecule has 0 spiro atoms. The standard InChI is InChI=1S/C16H14F3N3O2/c1-10(23)22(14-8-4-12(20)5-9-14)15(24)21-13-6-2-11(3-7-13)16(17,18)19/h2-9H,20H2,1H3,(H,21,24). The molecule has 3 N–H and O–H groups in total. The molecule has 0 aliphatic heterocycles. The van der Waals surface area contributed by atoms with Gasteiger partial charge >= 0.3 is 12.2 Å². The first-order chi connectivity index (χ1) is 11.2. The zero-order valence-electron chi connectivity index (χ0n) is 12.6. The summed E-state index contributed by atoms with van der Waals surface area (Å²) in [5, 5.41) is 2.38. The van der Waals surface area contributed by atoms with Crippen molar-refractivity contribution in [2.24, 2.45) is 0 Å². The van der Waals surface area contributed by atoms with Gasteiger partial charge in [0.15, 0.2) is 0 Å². The Morgan fingerprint density at radius 3 is 2.00 bits per heavy atom. The molecule has 0 saturated carbocycles. The number of urea groups is 1. The van der Waals surface area contributed by atoms with Crippen molar-refractivity contribution in [1.82, 2.24) is 0 Å². The average molecular weight is 337 g/mol. The van der Waals surface area contributed by atoms with Crippen LogP contribution < -0.4 is 16.0 Å². The van der Waals surface area contributed by atoms with Crippen molar-refractivity contribution in [3.8, 4) is 0 Å². The maximum absolute atomic E-state index is 12.5. The lowest BCUT2D eigenvalue weighted by Crippen LogP contribution is -2.38. The number of hydrogen-bond donors (Lipinski definition) is 2. The van der Waals surface area contributed by atoms with Gasteiger partial charge in [-0.1, -0.05) is 0 Å². The molecule has 0 saturated heterocycles. The summed E-state index contributed by atoms with van der Waals surface area (Å²) in [6, 6.07) is 9.16. The van der Waals surface area contributed by atoms with Crippen LogP contribution in [0.1, 0.15) is 12.5 Å². The number of nitrogens with zero attached hydrogens (tertiary/aromatic N) is 1. The van der Waals surface area contributed by atoms with Crippen LogP contribution in [0.5, 0.6) is 0 Å². The molecule has 0 unspecified atom stereocenters. The summed E-state index contributed by atoms with van der Waals surface area (Å²) in [4.78, 5) is 24.9. The molecule has 0 fully saturated rings. The first-order valence-electron chi connectivity index (χ1n) is 6.83. The van der Waals surface area contributed by atoms with Crippen LogP contribution >= 0.6 is 0 Å². The van der Waals surface area contributed by atoms with Gasteiger partial charge in [-0.05, 0) is 48.5 Å². The predicted octanol–water partition coefficient (Wildman–Crippen LogP) is 3.87. The van der Waals surface area contributed by atoms with Crippen LogP contribution in [0, 0.1) is 0 Å². The third-order valence-electron chi connectivity index (χ3n) is 3.13. The molecule has 8 heteroatoms. The van der Waals surface area contributed by atoms with Gasteiger partial charge in [-0.15, -0.1) is 0 Å². The quantitative estimate of drug-likeness (QED) is 0.817. The van der Waals surface area contributed by atoms with Crippen molar-refractivity contribution in [1.29, 1.82) is 0 Å². The number of carbonyl (C=O) groups is 2. The number of halogens is 3. The zero-order chi connectivity index (χ0) is 17.9. The number of nitrogens with two attached hydrogens (primary N) is 1. The number of rotatable bonds is 2. The third-order valence-corrected chi connectivity index (χ3v) is 3.13. The maximum Gasteiger partial charge on any atom is 0.416 e. The second-order valence-electron chi connectivity index (χ2n) is 4.95. The highest BCUT2D eigenvalue weighted by atomic mass is 19.4. The van der Waals surface area contributed by atoms with Crippen LogP contribution in [-0.4, -0.2) is 11.9 Å². The van der Waals surface area contributed by atoms with Gasteiger partial charge in [0.05, 0.1) is 11.3 Å². The number of imide groups is 1. The van der Waals surface area contributed by atoms with Crippen LogP contribution in [-0.2, 0) is 11.0 Å². The number of anilines is 3. The minimum absolute atomic E-state index is 0.134. The van der Waals surface area contributed by atoms with Gasteiger partial charge in [0, 0.05) is 18.3 Å². The van der Waals surface area contributed by atoms with Crippen LogP contribution in [0.4, 0.5) is 35.0 Å². The van der Waals surface area contributed by atoms with Crippen molar-refractivity contribution in [3.63, 3.8) is 0 Å². The first-order valence-corrected chi connectivity index (χ1v) is 6.83. The number of carbonyl (C=O) groups excluding carboxylic acids is 2. The summed E-state index contributed by atoms with van der Waals surface area (Å²) in [6.45, 7) is 1.20. The molecule has 126 valence electrons. The fraction of sp³-hybridized carbons (Fsp3) is 0.125. The van der Waals surface area contributed by atoms with Crippen LogP contribution in [0.2, 0.25) is 0 Å². The molecule has 0 atom stereocenters. The minimum Gasteiger partial charge on any atom is -0.399 e. The average Bonchev–Trinajstić information content (AvgIpc) is 2.49.